The van der Waals surface area contributed by atoms with E-state index in [1.807, 2.05) is 12.1 Å². The lowest BCUT2D eigenvalue weighted by molar-refractivity contribution is 0.0638. The number of aromatic nitrogens is 1. The van der Waals surface area contributed by atoms with Gasteiger partial charge in [-0.3, -0.25) is 19.3 Å². The fraction of sp³-hybridized carbons (Fsp3) is 0.280. The molecule has 0 fully saturated rings. The quantitative estimate of drug-likeness (QED) is 0.394. The number of ether oxygens (including phenoxy) is 1. The van der Waals surface area contributed by atoms with Crippen molar-refractivity contribution in [1.82, 2.24) is 15.0 Å². The van der Waals surface area contributed by atoms with E-state index in [4.69, 9.17) is 20.9 Å². The van der Waals surface area contributed by atoms with Gasteiger partial charge >= 0.3 is 0 Å². The van der Waals surface area contributed by atoms with E-state index in [1.54, 1.807) is 36.3 Å². The monoisotopic (exact) mass is 479 g/mol. The fourth-order valence-electron chi connectivity index (χ4n) is 4.39. The zero-order chi connectivity index (χ0) is 23.8. The maximum absolute atomic E-state index is 13.3. The number of benzene rings is 2. The predicted octanol–water partition coefficient (Wildman–Crippen LogP) is 3.83. The first kappa shape index (κ1) is 22.3. The predicted molar refractivity (Wildman–Crippen MR) is 124 cm³/mol. The van der Waals surface area contributed by atoms with Gasteiger partial charge in [0.2, 0.25) is 0 Å². The molecular formula is C25H22ClN3O5. The maximum Gasteiger partial charge on any atom is 0.261 e. The minimum atomic E-state index is -0.379. The number of carbonyl (C=O) groups is 3. The number of methoxy groups -OCH3 is 1. The van der Waals surface area contributed by atoms with Crippen LogP contribution in [0.25, 0.3) is 11.3 Å². The molecule has 0 atom stereocenters. The van der Waals surface area contributed by atoms with Crippen LogP contribution in [-0.4, -0.2) is 59.5 Å². The Balaban J connectivity index is 1.37. The fourth-order valence-corrected chi connectivity index (χ4v) is 4.52. The van der Waals surface area contributed by atoms with E-state index in [0.717, 1.165) is 16.8 Å². The van der Waals surface area contributed by atoms with Crippen molar-refractivity contribution < 1.29 is 23.6 Å². The molecule has 174 valence electrons. The Hall–Kier alpha value is -3.49. The summed E-state index contributed by atoms with van der Waals surface area (Å²) in [4.78, 5) is 41.7. The second kappa shape index (κ2) is 9.04. The van der Waals surface area contributed by atoms with Gasteiger partial charge in [-0.1, -0.05) is 16.8 Å². The Kier molecular flexibility index (Phi) is 5.93. The highest BCUT2D eigenvalue weighted by molar-refractivity contribution is 6.30. The third-order valence-electron chi connectivity index (χ3n) is 6.18. The van der Waals surface area contributed by atoms with E-state index in [1.165, 1.54) is 11.0 Å². The summed E-state index contributed by atoms with van der Waals surface area (Å²) < 4.78 is 10.6. The standard InChI is InChI=1S/C25H22ClN3O5/c1-33-12-2-10-29-24(31)18-8-5-16(13-19(18)25(29)32)23(30)28-11-9-21-20(14-28)22(34-27-21)15-3-6-17(26)7-4-15/h3-8,13H,2,9-12,14H2,1H3. The Bertz CT molecular complexity index is 1280. The molecule has 0 aliphatic carbocycles. The van der Waals surface area contributed by atoms with Gasteiger partial charge in [0, 0.05) is 54.9 Å². The molecular weight excluding hydrogens is 458 g/mol. The first-order chi connectivity index (χ1) is 16.5. The molecule has 3 heterocycles. The van der Waals surface area contributed by atoms with Crippen molar-refractivity contribution in [3.8, 4) is 11.3 Å². The number of fused-ring (bicyclic) bond motifs is 2. The normalized spacial score (nSPS) is 15.0. The van der Waals surface area contributed by atoms with Gasteiger partial charge in [0.15, 0.2) is 5.76 Å². The average molecular weight is 480 g/mol. The number of amides is 3. The minimum absolute atomic E-state index is 0.213. The molecule has 0 bridgehead atoms. The molecule has 3 amide bonds. The second-order valence-corrected chi connectivity index (χ2v) is 8.73. The molecule has 3 aromatic rings. The molecule has 2 aromatic carbocycles. The molecule has 0 saturated carbocycles. The van der Waals surface area contributed by atoms with Gasteiger partial charge in [-0.2, -0.15) is 0 Å². The molecule has 5 rings (SSSR count). The van der Waals surface area contributed by atoms with Crippen molar-refractivity contribution in [2.24, 2.45) is 0 Å². The summed E-state index contributed by atoms with van der Waals surface area (Å²) >= 11 is 6.00. The van der Waals surface area contributed by atoms with E-state index in [2.05, 4.69) is 5.16 Å². The van der Waals surface area contributed by atoms with E-state index in [9.17, 15) is 14.4 Å². The minimum Gasteiger partial charge on any atom is -0.385 e. The van der Waals surface area contributed by atoms with Crippen molar-refractivity contribution in [1.29, 1.82) is 0 Å². The summed E-state index contributed by atoms with van der Waals surface area (Å²) in [5.74, 6) is -0.314. The molecule has 0 spiro atoms. The molecule has 0 radical (unpaired) electrons. The molecule has 8 nitrogen and oxygen atoms in total. The number of nitrogens with zero attached hydrogens (tertiary/aromatic N) is 3. The highest BCUT2D eigenvalue weighted by atomic mass is 35.5. The second-order valence-electron chi connectivity index (χ2n) is 8.29. The van der Waals surface area contributed by atoms with E-state index in [0.29, 0.717) is 54.4 Å². The van der Waals surface area contributed by atoms with Crippen molar-refractivity contribution in [2.45, 2.75) is 19.4 Å². The van der Waals surface area contributed by atoms with Crippen LogP contribution in [0.15, 0.2) is 47.0 Å². The number of rotatable bonds is 6. The zero-order valence-electron chi connectivity index (χ0n) is 18.5. The lowest BCUT2D eigenvalue weighted by atomic mass is 10.00. The third-order valence-corrected chi connectivity index (χ3v) is 6.43. The molecule has 0 saturated heterocycles. The lowest BCUT2D eigenvalue weighted by Crippen LogP contribution is -2.36. The number of imide groups is 1. The highest BCUT2D eigenvalue weighted by Crippen LogP contribution is 2.32. The summed E-state index contributed by atoms with van der Waals surface area (Å²) in [6.07, 6.45) is 1.12. The molecule has 2 aliphatic heterocycles. The van der Waals surface area contributed by atoms with Crippen LogP contribution in [0.1, 0.15) is 48.8 Å². The number of halogens is 1. The molecule has 0 N–H and O–H groups in total. The van der Waals surface area contributed by atoms with Crippen LogP contribution in [0.2, 0.25) is 5.02 Å². The number of hydrogen-bond acceptors (Lipinski definition) is 6. The Morgan fingerprint density at radius 2 is 1.88 bits per heavy atom. The van der Waals surface area contributed by atoms with Crippen LogP contribution in [0, 0.1) is 0 Å². The topological polar surface area (TPSA) is 92.9 Å². The van der Waals surface area contributed by atoms with Crippen LogP contribution in [0.3, 0.4) is 0 Å². The van der Waals surface area contributed by atoms with E-state index >= 15 is 0 Å². The van der Waals surface area contributed by atoms with Gasteiger partial charge in [-0.25, -0.2) is 0 Å². The van der Waals surface area contributed by atoms with Crippen LogP contribution in [0.5, 0.6) is 0 Å². The van der Waals surface area contributed by atoms with E-state index in [-0.39, 0.29) is 29.8 Å². The van der Waals surface area contributed by atoms with Crippen LogP contribution >= 0.6 is 11.6 Å². The molecule has 0 unspecified atom stereocenters. The largest absolute Gasteiger partial charge is 0.385 e. The van der Waals surface area contributed by atoms with Crippen LogP contribution in [0.4, 0.5) is 0 Å². The first-order valence-electron chi connectivity index (χ1n) is 11.0. The molecule has 2 aliphatic rings. The zero-order valence-corrected chi connectivity index (χ0v) is 19.3. The van der Waals surface area contributed by atoms with Crippen molar-refractivity contribution in [2.75, 3.05) is 26.8 Å². The highest BCUT2D eigenvalue weighted by Gasteiger charge is 2.36. The van der Waals surface area contributed by atoms with E-state index < -0.39 is 0 Å². The molecule has 34 heavy (non-hydrogen) atoms. The first-order valence-corrected chi connectivity index (χ1v) is 11.4. The average Bonchev–Trinajstić information content (AvgIpc) is 3.38. The SMILES string of the molecule is COCCCN1C(=O)c2ccc(C(=O)N3CCc4noc(-c5ccc(Cl)cc5)c4C3)cc2C1=O. The summed E-state index contributed by atoms with van der Waals surface area (Å²) in [5.41, 5.74) is 3.48. The van der Waals surface area contributed by atoms with Crippen molar-refractivity contribution >= 4 is 29.3 Å². The van der Waals surface area contributed by atoms with Gasteiger partial charge < -0.3 is 14.2 Å². The van der Waals surface area contributed by atoms with Gasteiger partial charge in [0.05, 0.1) is 23.4 Å². The lowest BCUT2D eigenvalue weighted by Gasteiger charge is -2.26. The smallest absolute Gasteiger partial charge is 0.261 e. The van der Waals surface area contributed by atoms with Gasteiger partial charge in [0.25, 0.3) is 17.7 Å². The summed E-state index contributed by atoms with van der Waals surface area (Å²) in [6.45, 7) is 1.54. The molecule has 1 aromatic heterocycles. The van der Waals surface area contributed by atoms with Gasteiger partial charge in [-0.15, -0.1) is 0 Å². The Morgan fingerprint density at radius 3 is 2.65 bits per heavy atom. The Morgan fingerprint density at radius 1 is 1.12 bits per heavy atom. The Labute approximate surface area is 201 Å². The van der Waals surface area contributed by atoms with Crippen molar-refractivity contribution in [3.63, 3.8) is 0 Å². The summed E-state index contributed by atoms with van der Waals surface area (Å²) in [7, 11) is 1.57. The van der Waals surface area contributed by atoms with Gasteiger partial charge in [0.1, 0.15) is 0 Å². The summed E-state index contributed by atoms with van der Waals surface area (Å²) in [6, 6.07) is 12.0. The summed E-state index contributed by atoms with van der Waals surface area (Å²) in [5, 5.41) is 4.81. The van der Waals surface area contributed by atoms with Crippen LogP contribution in [-0.2, 0) is 17.7 Å². The number of carbonyl (C=O) groups excluding carboxylic acids is 3. The third kappa shape index (κ3) is 3.89. The van der Waals surface area contributed by atoms with Crippen LogP contribution < -0.4 is 0 Å². The molecule has 9 heteroatoms. The maximum atomic E-state index is 13.3. The number of hydrogen-bond donors (Lipinski definition) is 0. The van der Waals surface area contributed by atoms with Crippen molar-refractivity contribution in [3.05, 3.63) is 75.4 Å². The van der Waals surface area contributed by atoms with Gasteiger partial charge in [-0.05, 0) is 48.9 Å².